The van der Waals surface area contributed by atoms with E-state index in [1.807, 2.05) is 0 Å². The molecule has 0 N–H and O–H groups in total. The third kappa shape index (κ3) is 2.56. The van der Waals surface area contributed by atoms with E-state index in [9.17, 15) is 17.2 Å². The molecule has 1 heterocycles. The van der Waals surface area contributed by atoms with Gasteiger partial charge in [-0.1, -0.05) is 0 Å². The molecular weight excluding hydrogens is 332 g/mol. The van der Waals surface area contributed by atoms with Crippen molar-refractivity contribution in [3.63, 3.8) is 0 Å². The first-order chi connectivity index (χ1) is 8.43. The average Bonchev–Trinajstić information content (AvgIpc) is 2.34. The first-order valence-corrected chi connectivity index (χ1v) is 7.38. The van der Waals surface area contributed by atoms with E-state index < -0.39 is 26.6 Å². The molecule has 0 atom stereocenters. The summed E-state index contributed by atoms with van der Waals surface area (Å²) < 4.78 is 57.0. The van der Waals surface area contributed by atoms with Crippen LogP contribution in [-0.4, -0.2) is 39.0 Å². The largest absolute Gasteiger partial charge is 0.379 e. The number of nitrogens with zero attached hydrogens (tertiary/aromatic N) is 1. The predicted molar refractivity (Wildman–Crippen MR) is 63.6 cm³/mol. The molecule has 1 aliphatic heterocycles. The van der Waals surface area contributed by atoms with Gasteiger partial charge in [0.05, 0.1) is 17.7 Å². The number of halogens is 3. The Labute approximate surface area is 112 Å². The van der Waals surface area contributed by atoms with Gasteiger partial charge >= 0.3 is 0 Å². The highest BCUT2D eigenvalue weighted by Gasteiger charge is 2.29. The minimum Gasteiger partial charge on any atom is -0.379 e. The van der Waals surface area contributed by atoms with E-state index >= 15 is 0 Å². The lowest BCUT2D eigenvalue weighted by Gasteiger charge is -2.26. The van der Waals surface area contributed by atoms with Crippen molar-refractivity contribution in [3.05, 3.63) is 28.2 Å². The van der Waals surface area contributed by atoms with Crippen LogP contribution in [0.1, 0.15) is 0 Å². The normalized spacial score (nSPS) is 17.9. The second-order valence-electron chi connectivity index (χ2n) is 3.71. The molecule has 1 aromatic carbocycles. The van der Waals surface area contributed by atoms with Crippen molar-refractivity contribution in [3.8, 4) is 0 Å². The molecule has 0 aromatic heterocycles. The van der Waals surface area contributed by atoms with Crippen LogP contribution in [0.2, 0.25) is 0 Å². The Kier molecular flexibility index (Phi) is 4.00. The minimum absolute atomic E-state index is 0.0873. The van der Waals surface area contributed by atoms with Gasteiger partial charge in [-0.05, 0) is 22.0 Å². The Hall–Kier alpha value is -0.570. The maximum Gasteiger partial charge on any atom is 0.246 e. The summed E-state index contributed by atoms with van der Waals surface area (Å²) >= 11 is 2.85. The number of rotatable bonds is 2. The highest BCUT2D eigenvalue weighted by Crippen LogP contribution is 2.26. The summed E-state index contributed by atoms with van der Waals surface area (Å²) in [7, 11) is -3.95. The van der Waals surface area contributed by atoms with Crippen molar-refractivity contribution in [1.29, 1.82) is 0 Å². The number of sulfonamides is 1. The molecule has 1 saturated heterocycles. The Bertz CT molecular complexity index is 558. The highest BCUT2D eigenvalue weighted by molar-refractivity contribution is 9.10. The number of morpholine rings is 1. The van der Waals surface area contributed by atoms with Gasteiger partial charge in [0.1, 0.15) is 16.5 Å². The summed E-state index contributed by atoms with van der Waals surface area (Å²) in [5, 5.41) is 0. The van der Waals surface area contributed by atoms with Gasteiger partial charge < -0.3 is 4.74 Å². The third-order valence-corrected chi connectivity index (χ3v) is 5.08. The molecule has 2 rings (SSSR count). The second-order valence-corrected chi connectivity index (χ2v) is 6.47. The SMILES string of the molecule is O=S(=O)(c1cc(Br)c(F)cc1F)N1CCOCC1. The Morgan fingerprint density at radius 1 is 1.17 bits per heavy atom. The van der Waals surface area contributed by atoms with Crippen molar-refractivity contribution < 1.29 is 21.9 Å². The Morgan fingerprint density at radius 2 is 1.78 bits per heavy atom. The van der Waals surface area contributed by atoms with Crippen LogP contribution in [0, 0.1) is 11.6 Å². The molecule has 4 nitrogen and oxygen atoms in total. The fourth-order valence-electron chi connectivity index (χ4n) is 1.63. The summed E-state index contributed by atoms with van der Waals surface area (Å²) in [6.45, 7) is 0.861. The number of hydrogen-bond donors (Lipinski definition) is 0. The minimum atomic E-state index is -3.95. The molecule has 0 spiro atoms. The van der Waals surface area contributed by atoms with Gasteiger partial charge in [0, 0.05) is 19.2 Å². The quantitative estimate of drug-likeness (QED) is 0.770. The van der Waals surface area contributed by atoms with Crippen LogP contribution in [0.15, 0.2) is 21.5 Å². The standard InChI is InChI=1S/C10H10BrF2NO3S/c11-7-5-10(9(13)6-8(7)12)18(15,16)14-1-3-17-4-2-14/h5-6H,1-4H2. The van der Waals surface area contributed by atoms with Crippen molar-refractivity contribution in [2.45, 2.75) is 4.90 Å². The fourth-order valence-corrected chi connectivity index (χ4v) is 3.60. The van der Waals surface area contributed by atoms with Crippen LogP contribution in [0.25, 0.3) is 0 Å². The molecule has 100 valence electrons. The van der Waals surface area contributed by atoms with Crippen molar-refractivity contribution in [1.82, 2.24) is 4.31 Å². The zero-order valence-electron chi connectivity index (χ0n) is 9.20. The molecule has 0 amide bonds. The third-order valence-electron chi connectivity index (χ3n) is 2.56. The fraction of sp³-hybridized carbons (Fsp3) is 0.400. The zero-order valence-corrected chi connectivity index (χ0v) is 11.6. The van der Waals surface area contributed by atoms with E-state index in [0.717, 1.165) is 10.4 Å². The lowest BCUT2D eigenvalue weighted by Crippen LogP contribution is -2.40. The van der Waals surface area contributed by atoms with Gasteiger partial charge in [0.15, 0.2) is 0 Å². The molecule has 0 saturated carbocycles. The Morgan fingerprint density at radius 3 is 2.39 bits per heavy atom. The van der Waals surface area contributed by atoms with E-state index in [2.05, 4.69) is 15.9 Å². The monoisotopic (exact) mass is 341 g/mol. The summed E-state index contributed by atoms with van der Waals surface area (Å²) in [4.78, 5) is -0.530. The number of hydrogen-bond acceptors (Lipinski definition) is 3. The van der Waals surface area contributed by atoms with Gasteiger partial charge in [-0.2, -0.15) is 4.31 Å². The molecule has 0 radical (unpaired) electrons. The summed E-state index contributed by atoms with van der Waals surface area (Å²) in [6, 6.07) is 1.49. The molecule has 8 heteroatoms. The molecule has 18 heavy (non-hydrogen) atoms. The van der Waals surface area contributed by atoms with Gasteiger partial charge in [-0.25, -0.2) is 17.2 Å². The van der Waals surface area contributed by atoms with Crippen LogP contribution in [0.3, 0.4) is 0 Å². The van der Waals surface area contributed by atoms with Gasteiger partial charge in [-0.15, -0.1) is 0 Å². The molecular formula is C10H10BrF2NO3S. The molecule has 0 unspecified atom stereocenters. The first kappa shape index (κ1) is 13.9. The number of benzene rings is 1. The van der Waals surface area contributed by atoms with E-state index in [4.69, 9.17) is 4.74 Å². The van der Waals surface area contributed by atoms with Crippen LogP contribution in [-0.2, 0) is 14.8 Å². The lowest BCUT2D eigenvalue weighted by atomic mass is 10.3. The van der Waals surface area contributed by atoms with Crippen LogP contribution in [0.5, 0.6) is 0 Å². The molecule has 1 fully saturated rings. The summed E-state index contributed by atoms with van der Waals surface area (Å²) in [5.74, 6) is -1.93. The van der Waals surface area contributed by atoms with Crippen molar-refractivity contribution in [2.75, 3.05) is 26.3 Å². The molecule has 0 bridgehead atoms. The summed E-state index contributed by atoms with van der Waals surface area (Å²) in [5.41, 5.74) is 0. The maximum absolute atomic E-state index is 13.6. The van der Waals surface area contributed by atoms with Crippen molar-refractivity contribution >= 4 is 26.0 Å². The number of ether oxygens (including phenoxy) is 1. The summed E-state index contributed by atoms with van der Waals surface area (Å²) in [6.07, 6.45) is 0. The van der Waals surface area contributed by atoms with Gasteiger partial charge in [0.25, 0.3) is 0 Å². The topological polar surface area (TPSA) is 46.6 Å². The Balaban J connectivity index is 2.43. The smallest absolute Gasteiger partial charge is 0.246 e. The van der Waals surface area contributed by atoms with Crippen molar-refractivity contribution in [2.24, 2.45) is 0 Å². The average molecular weight is 342 g/mol. The predicted octanol–water partition coefficient (Wildman–Crippen LogP) is 1.75. The van der Waals surface area contributed by atoms with Crippen LogP contribution < -0.4 is 0 Å². The second kappa shape index (κ2) is 5.20. The highest BCUT2D eigenvalue weighted by atomic mass is 79.9. The molecule has 0 aliphatic carbocycles. The first-order valence-electron chi connectivity index (χ1n) is 5.15. The van der Waals surface area contributed by atoms with Gasteiger partial charge in [-0.3, -0.25) is 0 Å². The van der Waals surface area contributed by atoms with Gasteiger partial charge in [0.2, 0.25) is 10.0 Å². The molecule has 1 aromatic rings. The molecule has 1 aliphatic rings. The van der Waals surface area contributed by atoms with E-state index in [1.54, 1.807) is 0 Å². The van der Waals surface area contributed by atoms with E-state index in [-0.39, 0.29) is 30.8 Å². The zero-order chi connectivity index (χ0) is 13.3. The lowest BCUT2D eigenvalue weighted by molar-refractivity contribution is 0.0729. The van der Waals surface area contributed by atoms with E-state index in [0.29, 0.717) is 6.07 Å². The van der Waals surface area contributed by atoms with E-state index in [1.165, 1.54) is 0 Å². The van der Waals surface area contributed by atoms with Crippen LogP contribution >= 0.6 is 15.9 Å². The van der Waals surface area contributed by atoms with Crippen LogP contribution in [0.4, 0.5) is 8.78 Å². The maximum atomic E-state index is 13.6.